The third-order valence-corrected chi connectivity index (χ3v) is 5.58. The van der Waals surface area contributed by atoms with E-state index >= 15 is 0 Å². The van der Waals surface area contributed by atoms with Crippen molar-refractivity contribution in [3.05, 3.63) is 37.7 Å². The van der Waals surface area contributed by atoms with Crippen LogP contribution in [0.15, 0.2) is 27.8 Å². The molecule has 1 N–H and O–H groups in total. The Morgan fingerprint density at radius 3 is 2.96 bits per heavy atom. The zero-order valence-corrected chi connectivity index (χ0v) is 16.5. The minimum Gasteiger partial charge on any atom is -0.466 e. The van der Waals surface area contributed by atoms with Gasteiger partial charge in [0.05, 0.1) is 29.5 Å². The van der Waals surface area contributed by atoms with E-state index in [1.54, 1.807) is 13.1 Å². The highest BCUT2D eigenvalue weighted by Crippen LogP contribution is 2.31. The van der Waals surface area contributed by atoms with Crippen LogP contribution in [-0.2, 0) is 20.7 Å². The Morgan fingerprint density at radius 1 is 1.48 bits per heavy atom. The molecule has 130 valence electrons. The van der Waals surface area contributed by atoms with Crippen LogP contribution in [0.5, 0.6) is 0 Å². The summed E-state index contributed by atoms with van der Waals surface area (Å²) in [6.07, 6.45) is 3.65. The number of carbonyl (C=O) groups is 2. The molecule has 1 aliphatic rings. The number of nitrogens with zero attached hydrogens (tertiary/aromatic N) is 2. The first kappa shape index (κ1) is 18.1. The molecular weight excluding hydrogens is 426 g/mol. The molecule has 0 aromatic carbocycles. The van der Waals surface area contributed by atoms with Crippen LogP contribution in [0.25, 0.3) is 17.5 Å². The molecular formula is C16H14BrN3O3S2. The number of esters is 1. The van der Waals surface area contributed by atoms with Crippen molar-refractivity contribution in [2.75, 3.05) is 12.4 Å². The molecule has 1 fully saturated rings. The van der Waals surface area contributed by atoms with Crippen molar-refractivity contribution in [2.24, 2.45) is 0 Å². The van der Waals surface area contributed by atoms with Crippen molar-refractivity contribution in [1.82, 2.24) is 15.3 Å². The maximum atomic E-state index is 11.9. The molecule has 0 atom stereocenters. The summed E-state index contributed by atoms with van der Waals surface area (Å²) < 4.78 is 5.91. The van der Waals surface area contributed by atoms with Crippen molar-refractivity contribution in [2.45, 2.75) is 13.3 Å². The standard InChI is InChI=1S/C16H14BrN3O3S2/c1-2-23-15(22)5-11-16(10-4-3-9(17)7-18-10)20-14(25-11)6-13-19-12(21)8-24-13/h3-4,6-7H,2,5,8H2,1H3,(H,19,21)/b13-6+. The van der Waals surface area contributed by atoms with Crippen LogP contribution in [0.4, 0.5) is 0 Å². The normalized spacial score (nSPS) is 15.4. The predicted molar refractivity (Wildman–Crippen MR) is 102 cm³/mol. The monoisotopic (exact) mass is 439 g/mol. The van der Waals surface area contributed by atoms with Gasteiger partial charge in [-0.25, -0.2) is 4.98 Å². The summed E-state index contributed by atoms with van der Waals surface area (Å²) in [6, 6.07) is 3.72. The summed E-state index contributed by atoms with van der Waals surface area (Å²) in [5.74, 6) is 0.0928. The number of rotatable bonds is 5. The first-order valence-corrected chi connectivity index (χ1v) is 10.1. The second kappa shape index (κ2) is 8.11. The van der Waals surface area contributed by atoms with Gasteiger partial charge in [-0.15, -0.1) is 11.3 Å². The van der Waals surface area contributed by atoms with E-state index in [1.165, 1.54) is 23.1 Å². The van der Waals surface area contributed by atoms with E-state index in [-0.39, 0.29) is 18.3 Å². The lowest BCUT2D eigenvalue weighted by atomic mass is 10.2. The molecule has 3 heterocycles. The van der Waals surface area contributed by atoms with E-state index in [0.29, 0.717) is 28.8 Å². The Bertz CT molecular complexity index is 834. The van der Waals surface area contributed by atoms with Crippen molar-refractivity contribution in [3.63, 3.8) is 0 Å². The number of thiazole rings is 1. The Labute approximate surface area is 161 Å². The topological polar surface area (TPSA) is 81.2 Å². The van der Waals surface area contributed by atoms with Gasteiger partial charge >= 0.3 is 5.97 Å². The Morgan fingerprint density at radius 2 is 2.32 bits per heavy atom. The summed E-state index contributed by atoms with van der Waals surface area (Å²) in [5, 5.41) is 4.25. The summed E-state index contributed by atoms with van der Waals surface area (Å²) in [4.78, 5) is 33.0. The molecule has 2 aromatic heterocycles. The molecule has 6 nitrogen and oxygen atoms in total. The van der Waals surface area contributed by atoms with Crippen LogP contribution in [0.3, 0.4) is 0 Å². The van der Waals surface area contributed by atoms with E-state index in [4.69, 9.17) is 4.74 Å². The smallest absolute Gasteiger partial charge is 0.311 e. The molecule has 25 heavy (non-hydrogen) atoms. The Balaban J connectivity index is 1.94. The highest BCUT2D eigenvalue weighted by molar-refractivity contribution is 9.10. The Hall–Kier alpha value is -1.71. The van der Waals surface area contributed by atoms with E-state index < -0.39 is 0 Å². The fraction of sp³-hybridized carbons (Fsp3) is 0.250. The van der Waals surface area contributed by atoms with Crippen LogP contribution >= 0.6 is 39.0 Å². The van der Waals surface area contributed by atoms with Crippen LogP contribution in [0, 0.1) is 0 Å². The molecule has 0 aliphatic carbocycles. The van der Waals surface area contributed by atoms with E-state index in [0.717, 1.165) is 14.4 Å². The molecule has 9 heteroatoms. The van der Waals surface area contributed by atoms with Gasteiger partial charge in [-0.3, -0.25) is 14.6 Å². The Kier molecular flexibility index (Phi) is 5.87. The van der Waals surface area contributed by atoms with Crippen molar-refractivity contribution in [3.8, 4) is 11.4 Å². The summed E-state index contributed by atoms with van der Waals surface area (Å²) in [6.45, 7) is 2.11. The van der Waals surface area contributed by atoms with Gasteiger partial charge in [-0.1, -0.05) is 11.8 Å². The number of pyridine rings is 1. The maximum absolute atomic E-state index is 11.9. The summed E-state index contributed by atoms with van der Waals surface area (Å²) in [7, 11) is 0. The number of hydrogen-bond acceptors (Lipinski definition) is 7. The van der Waals surface area contributed by atoms with Gasteiger partial charge in [-0.05, 0) is 35.0 Å². The minimum atomic E-state index is -0.299. The number of ether oxygens (including phenoxy) is 1. The highest BCUT2D eigenvalue weighted by Gasteiger charge is 2.19. The lowest BCUT2D eigenvalue weighted by molar-refractivity contribution is -0.142. The first-order chi connectivity index (χ1) is 12.0. The second-order valence-corrected chi connectivity index (χ2v) is 8.06. The SMILES string of the molecule is CCOC(=O)Cc1sc(/C=C2\NC(=O)CS2)nc1-c1ccc(Br)cn1. The van der Waals surface area contributed by atoms with Crippen molar-refractivity contribution < 1.29 is 14.3 Å². The fourth-order valence-corrected chi connectivity index (χ4v) is 4.21. The van der Waals surface area contributed by atoms with Crippen LogP contribution in [-0.4, -0.2) is 34.2 Å². The highest BCUT2D eigenvalue weighted by atomic mass is 79.9. The number of nitrogens with one attached hydrogen (secondary N) is 1. The molecule has 3 rings (SSSR count). The number of thioether (sulfide) groups is 1. The average Bonchev–Trinajstić information content (AvgIpc) is 3.15. The fourth-order valence-electron chi connectivity index (χ4n) is 2.15. The number of hydrogen-bond donors (Lipinski definition) is 1. The van der Waals surface area contributed by atoms with E-state index in [1.807, 2.05) is 18.2 Å². The maximum Gasteiger partial charge on any atom is 0.311 e. The zero-order valence-electron chi connectivity index (χ0n) is 13.2. The number of amides is 1. The molecule has 0 saturated carbocycles. The lowest BCUT2D eigenvalue weighted by Crippen LogP contribution is -2.13. The van der Waals surface area contributed by atoms with Gasteiger partial charge < -0.3 is 10.1 Å². The second-order valence-electron chi connectivity index (χ2n) is 5.01. The minimum absolute atomic E-state index is 0.0191. The predicted octanol–water partition coefficient (Wildman–Crippen LogP) is 3.23. The first-order valence-electron chi connectivity index (χ1n) is 7.46. The summed E-state index contributed by atoms with van der Waals surface area (Å²) >= 11 is 6.19. The molecule has 2 aromatic rings. The third-order valence-electron chi connectivity index (χ3n) is 3.17. The number of aromatic nitrogens is 2. The quantitative estimate of drug-likeness (QED) is 0.720. The summed E-state index contributed by atoms with van der Waals surface area (Å²) in [5.41, 5.74) is 1.35. The molecule has 1 aliphatic heterocycles. The molecule has 1 amide bonds. The van der Waals surface area contributed by atoms with Gasteiger partial charge in [0.1, 0.15) is 10.7 Å². The van der Waals surface area contributed by atoms with Crippen molar-refractivity contribution in [1.29, 1.82) is 0 Å². The van der Waals surface area contributed by atoms with E-state index in [9.17, 15) is 9.59 Å². The molecule has 0 bridgehead atoms. The van der Waals surface area contributed by atoms with Gasteiger partial charge in [-0.2, -0.15) is 0 Å². The van der Waals surface area contributed by atoms with Gasteiger partial charge in [0, 0.05) is 21.6 Å². The van der Waals surface area contributed by atoms with Crippen LogP contribution in [0.2, 0.25) is 0 Å². The van der Waals surface area contributed by atoms with Crippen LogP contribution < -0.4 is 5.32 Å². The molecule has 0 spiro atoms. The van der Waals surface area contributed by atoms with Gasteiger partial charge in [0.2, 0.25) is 5.91 Å². The number of halogens is 1. The lowest BCUT2D eigenvalue weighted by Gasteiger charge is -2.02. The van der Waals surface area contributed by atoms with Gasteiger partial charge in [0.25, 0.3) is 0 Å². The third kappa shape index (κ3) is 4.68. The number of carbonyl (C=O) groups excluding carboxylic acids is 2. The van der Waals surface area contributed by atoms with Crippen LogP contribution in [0.1, 0.15) is 16.8 Å². The van der Waals surface area contributed by atoms with E-state index in [2.05, 4.69) is 31.2 Å². The largest absolute Gasteiger partial charge is 0.466 e. The zero-order chi connectivity index (χ0) is 17.8. The van der Waals surface area contributed by atoms with Gasteiger partial charge in [0.15, 0.2) is 0 Å². The molecule has 0 radical (unpaired) electrons. The van der Waals surface area contributed by atoms with Crippen molar-refractivity contribution >= 4 is 57.0 Å². The average molecular weight is 440 g/mol. The molecule has 1 saturated heterocycles. The molecule has 0 unspecified atom stereocenters.